The molecule has 9 heteroatoms. The summed E-state index contributed by atoms with van der Waals surface area (Å²) in [6.45, 7) is 1.34. The summed E-state index contributed by atoms with van der Waals surface area (Å²) < 4.78 is 9.40. The Hall–Kier alpha value is -1.94. The molecule has 1 aromatic rings. The highest BCUT2D eigenvalue weighted by Gasteiger charge is 2.18. The van der Waals surface area contributed by atoms with Crippen LogP contribution in [0.4, 0.5) is 4.79 Å². The Morgan fingerprint density at radius 2 is 2.00 bits per heavy atom. The number of hydrogen-bond acceptors (Lipinski definition) is 5. The molecule has 0 spiro atoms. The van der Waals surface area contributed by atoms with Crippen LogP contribution in [0.1, 0.15) is 12.5 Å². The average molecular weight is 406 g/mol. The number of methoxy groups -OCH3 is 1. The number of benzene rings is 1. The van der Waals surface area contributed by atoms with Crippen molar-refractivity contribution in [2.24, 2.45) is 0 Å². The van der Waals surface area contributed by atoms with Gasteiger partial charge in [0.05, 0.1) is 35.4 Å². The topological polar surface area (TPSA) is 79.6 Å². The fourth-order valence-corrected chi connectivity index (χ4v) is 2.53. The van der Waals surface area contributed by atoms with Crippen molar-refractivity contribution in [3.05, 3.63) is 44.5 Å². The monoisotopic (exact) mass is 404 g/mol. The number of amides is 1. The molecule has 0 aliphatic heterocycles. The van der Waals surface area contributed by atoms with Crippen molar-refractivity contribution >= 4 is 46.9 Å². The second kappa shape index (κ2) is 10.1. The summed E-state index contributed by atoms with van der Waals surface area (Å²) in [4.78, 5) is 24.4. The summed E-state index contributed by atoms with van der Waals surface area (Å²) >= 11 is 18.0. The highest BCUT2D eigenvalue weighted by Crippen LogP contribution is 2.31. The third kappa shape index (κ3) is 6.46. The van der Waals surface area contributed by atoms with E-state index in [4.69, 9.17) is 39.5 Å². The van der Waals surface area contributed by atoms with Crippen molar-refractivity contribution in [2.75, 3.05) is 20.3 Å². The summed E-state index contributed by atoms with van der Waals surface area (Å²) in [5.74, 6) is -0.662. The van der Waals surface area contributed by atoms with E-state index in [0.29, 0.717) is 10.6 Å². The van der Waals surface area contributed by atoms with Gasteiger partial charge in [-0.05, 0) is 24.6 Å². The molecule has 6 nitrogen and oxygen atoms in total. The van der Waals surface area contributed by atoms with Gasteiger partial charge in [-0.25, -0.2) is 4.79 Å². The zero-order chi connectivity index (χ0) is 19.0. The second-order valence-electron chi connectivity index (χ2n) is 4.71. The summed E-state index contributed by atoms with van der Waals surface area (Å²) in [5.41, 5.74) is 0.658. The van der Waals surface area contributed by atoms with Gasteiger partial charge in [0, 0.05) is 17.6 Å². The first-order valence-corrected chi connectivity index (χ1v) is 8.20. The van der Waals surface area contributed by atoms with Crippen molar-refractivity contribution in [2.45, 2.75) is 13.3 Å². The van der Waals surface area contributed by atoms with Crippen LogP contribution in [0.15, 0.2) is 23.9 Å². The smallest absolute Gasteiger partial charge is 0.414 e. The Balaban J connectivity index is 3.14. The number of carbonyl (C=O) groups excluding carboxylic acids is 2. The number of allylic oxidation sites excluding steroid dienone is 1. The van der Waals surface area contributed by atoms with Crippen LogP contribution in [0.3, 0.4) is 0 Å². The van der Waals surface area contributed by atoms with Crippen molar-refractivity contribution in [1.82, 2.24) is 4.90 Å². The molecule has 0 heterocycles. The molecule has 0 N–H and O–H groups in total. The maximum atomic E-state index is 11.9. The number of carbonyl (C=O) groups is 2. The van der Waals surface area contributed by atoms with E-state index in [-0.39, 0.29) is 28.6 Å². The Labute approximate surface area is 160 Å². The van der Waals surface area contributed by atoms with Crippen molar-refractivity contribution in [3.8, 4) is 6.07 Å². The number of rotatable bonds is 6. The standard InChI is InChI=1S/C16H15Cl3N2O4/c1-3-25-16(23)21(9-14(22)24-2)8-10(7-20)4-11-5-12(17)6-13(18)15(11)19/h5-6,8H,3-4,9H2,1-2H3/b10-8+. The van der Waals surface area contributed by atoms with Gasteiger partial charge in [-0.3, -0.25) is 9.69 Å². The number of ether oxygens (including phenoxy) is 2. The zero-order valence-corrected chi connectivity index (χ0v) is 15.8. The molecule has 0 fully saturated rings. The predicted octanol–water partition coefficient (Wildman–Crippen LogP) is 4.23. The van der Waals surface area contributed by atoms with Gasteiger partial charge in [0.25, 0.3) is 0 Å². The third-order valence-corrected chi connectivity index (χ3v) is 3.99. The summed E-state index contributed by atoms with van der Waals surface area (Å²) in [6.07, 6.45) is 0.489. The van der Waals surface area contributed by atoms with Crippen molar-refractivity contribution < 1.29 is 19.1 Å². The SMILES string of the molecule is CCOC(=O)N(/C=C(/C#N)Cc1cc(Cl)cc(Cl)c1Cl)CC(=O)OC. The molecule has 134 valence electrons. The highest BCUT2D eigenvalue weighted by atomic mass is 35.5. The summed E-state index contributed by atoms with van der Waals surface area (Å²) in [5, 5.41) is 10.2. The van der Waals surface area contributed by atoms with E-state index >= 15 is 0 Å². The molecular formula is C16H15Cl3N2O4. The molecule has 0 aliphatic rings. The lowest BCUT2D eigenvalue weighted by molar-refractivity contribution is -0.141. The average Bonchev–Trinajstić information content (AvgIpc) is 2.57. The van der Waals surface area contributed by atoms with Crippen LogP contribution in [-0.4, -0.2) is 37.2 Å². The Bertz CT molecular complexity index is 729. The van der Waals surface area contributed by atoms with Crippen molar-refractivity contribution in [1.29, 1.82) is 5.26 Å². The third-order valence-electron chi connectivity index (χ3n) is 2.93. The summed E-state index contributed by atoms with van der Waals surface area (Å²) in [7, 11) is 1.19. The van der Waals surface area contributed by atoms with E-state index in [1.807, 2.05) is 6.07 Å². The van der Waals surface area contributed by atoms with Gasteiger partial charge in [-0.1, -0.05) is 34.8 Å². The maximum Gasteiger partial charge on any atom is 0.414 e. The van der Waals surface area contributed by atoms with Gasteiger partial charge in [0.1, 0.15) is 6.54 Å². The molecule has 0 unspecified atom stereocenters. The maximum absolute atomic E-state index is 11.9. The van der Waals surface area contributed by atoms with E-state index in [2.05, 4.69) is 4.74 Å². The minimum Gasteiger partial charge on any atom is -0.468 e. The molecule has 1 rings (SSSR count). The largest absolute Gasteiger partial charge is 0.468 e. The lowest BCUT2D eigenvalue weighted by atomic mass is 10.1. The number of esters is 1. The normalized spacial score (nSPS) is 10.8. The number of nitrogens with zero attached hydrogens (tertiary/aromatic N) is 2. The van der Waals surface area contributed by atoms with Gasteiger partial charge in [-0.2, -0.15) is 5.26 Å². The van der Waals surface area contributed by atoms with Crippen LogP contribution in [-0.2, 0) is 20.7 Å². The van der Waals surface area contributed by atoms with E-state index in [1.165, 1.54) is 19.4 Å². The van der Waals surface area contributed by atoms with Crippen LogP contribution < -0.4 is 0 Å². The molecule has 0 aromatic heterocycles. The molecule has 0 aliphatic carbocycles. The fourth-order valence-electron chi connectivity index (χ4n) is 1.82. The molecule has 25 heavy (non-hydrogen) atoms. The van der Waals surface area contributed by atoms with Gasteiger partial charge in [-0.15, -0.1) is 0 Å². The minimum atomic E-state index is -0.782. The molecule has 0 saturated heterocycles. The Morgan fingerprint density at radius 1 is 1.32 bits per heavy atom. The Kier molecular flexibility index (Phi) is 8.56. The number of halogens is 3. The lowest BCUT2D eigenvalue weighted by Gasteiger charge is -2.17. The Morgan fingerprint density at radius 3 is 2.56 bits per heavy atom. The molecule has 0 saturated carbocycles. The number of nitriles is 1. The van der Waals surface area contributed by atoms with Crippen LogP contribution in [0, 0.1) is 11.3 Å². The fraction of sp³-hybridized carbons (Fsp3) is 0.312. The molecule has 0 radical (unpaired) electrons. The number of hydrogen-bond donors (Lipinski definition) is 0. The first kappa shape index (κ1) is 21.1. The summed E-state index contributed by atoms with van der Waals surface area (Å²) in [6, 6.07) is 4.99. The van der Waals surface area contributed by atoms with Crippen LogP contribution >= 0.6 is 34.8 Å². The van der Waals surface area contributed by atoms with Gasteiger partial charge in [0.15, 0.2) is 0 Å². The van der Waals surface area contributed by atoms with Gasteiger partial charge < -0.3 is 9.47 Å². The zero-order valence-electron chi connectivity index (χ0n) is 13.5. The second-order valence-corrected chi connectivity index (χ2v) is 5.93. The first-order chi connectivity index (χ1) is 11.8. The van der Waals surface area contributed by atoms with Crippen LogP contribution in [0.2, 0.25) is 15.1 Å². The minimum absolute atomic E-state index is 0.0622. The van der Waals surface area contributed by atoms with Crippen molar-refractivity contribution in [3.63, 3.8) is 0 Å². The molecular weight excluding hydrogens is 391 g/mol. The predicted molar refractivity (Wildman–Crippen MR) is 94.6 cm³/mol. The van der Waals surface area contributed by atoms with E-state index < -0.39 is 18.6 Å². The van der Waals surface area contributed by atoms with E-state index in [9.17, 15) is 14.9 Å². The van der Waals surface area contributed by atoms with Gasteiger partial charge >= 0.3 is 12.1 Å². The first-order valence-electron chi connectivity index (χ1n) is 7.06. The van der Waals surface area contributed by atoms with Crippen LogP contribution in [0.5, 0.6) is 0 Å². The van der Waals surface area contributed by atoms with E-state index in [1.54, 1.807) is 13.0 Å². The lowest BCUT2D eigenvalue weighted by Crippen LogP contribution is -2.32. The molecule has 1 amide bonds. The van der Waals surface area contributed by atoms with E-state index in [0.717, 1.165) is 4.90 Å². The molecule has 1 aromatic carbocycles. The molecule has 0 bridgehead atoms. The quantitative estimate of drug-likeness (QED) is 0.402. The van der Waals surface area contributed by atoms with Crippen LogP contribution in [0.25, 0.3) is 0 Å². The molecule has 0 atom stereocenters. The van der Waals surface area contributed by atoms with Gasteiger partial charge in [0.2, 0.25) is 0 Å². The highest BCUT2D eigenvalue weighted by molar-refractivity contribution is 6.43.